The number of carbonyl (C=O) groups is 1. The maximum absolute atomic E-state index is 14.7. The smallest absolute Gasteiger partial charge is 0.503 e. The van der Waals surface area contributed by atoms with Crippen LogP contribution in [0.15, 0.2) is 30.3 Å². The predicted molar refractivity (Wildman–Crippen MR) is 96.5 cm³/mol. The first kappa shape index (κ1) is 21.4. The van der Waals surface area contributed by atoms with Gasteiger partial charge in [-0.1, -0.05) is 12.1 Å². The Morgan fingerprint density at radius 1 is 1.20 bits per heavy atom. The fourth-order valence-electron chi connectivity index (χ4n) is 3.41. The minimum absolute atomic E-state index is 0.00930. The summed E-state index contributed by atoms with van der Waals surface area (Å²) in [5.41, 5.74) is 0.883. The fraction of sp³-hybridized carbons (Fsp3) is 0.250. The van der Waals surface area contributed by atoms with Crippen LogP contribution in [-0.4, -0.2) is 27.1 Å². The van der Waals surface area contributed by atoms with Crippen LogP contribution in [0.5, 0.6) is 11.5 Å². The molecule has 10 heteroatoms. The topological polar surface area (TPSA) is 71.7 Å². The van der Waals surface area contributed by atoms with Crippen LogP contribution in [-0.2, 0) is 11.3 Å². The van der Waals surface area contributed by atoms with E-state index in [4.69, 9.17) is 0 Å². The van der Waals surface area contributed by atoms with Gasteiger partial charge in [0.15, 0.2) is 17.4 Å². The Kier molecular flexibility index (Phi) is 5.36. The molecule has 3 rings (SSSR count). The van der Waals surface area contributed by atoms with E-state index in [1.807, 2.05) is 0 Å². The van der Waals surface area contributed by atoms with Gasteiger partial charge in [-0.3, -0.25) is 4.79 Å². The third-order valence-electron chi connectivity index (χ3n) is 4.83. The molecule has 0 saturated heterocycles. The standard InChI is InChI=1S/C20H16F5NO4/c1-9(19(28)29)15-10(2)26(14-7-13(21)18(27)17(22)16(14)15)8-11-3-5-12(6-4-11)30-20(23,24)25/h3-7,9,27H,8H2,1-2H3,(H,28,29). The number of phenolic OH excluding ortho intramolecular Hbond substituents is 1. The number of fused-ring (bicyclic) bond motifs is 1. The Morgan fingerprint density at radius 2 is 1.80 bits per heavy atom. The van der Waals surface area contributed by atoms with Crippen LogP contribution in [0.4, 0.5) is 22.0 Å². The van der Waals surface area contributed by atoms with Gasteiger partial charge in [0.05, 0.1) is 11.4 Å². The monoisotopic (exact) mass is 429 g/mol. The zero-order valence-electron chi connectivity index (χ0n) is 15.7. The minimum Gasteiger partial charge on any atom is -0.503 e. The number of carboxylic acid groups (broad SMARTS) is 1. The summed E-state index contributed by atoms with van der Waals surface area (Å²) in [5, 5.41) is 18.8. The number of aromatic nitrogens is 1. The number of carboxylic acids is 1. The Bertz CT molecular complexity index is 1120. The van der Waals surface area contributed by atoms with Crippen molar-refractivity contribution in [2.45, 2.75) is 32.7 Å². The average molecular weight is 429 g/mol. The second kappa shape index (κ2) is 7.51. The van der Waals surface area contributed by atoms with Gasteiger partial charge in [0, 0.05) is 23.7 Å². The van der Waals surface area contributed by atoms with E-state index in [9.17, 15) is 37.0 Å². The molecule has 0 aliphatic heterocycles. The number of ether oxygens (including phenoxy) is 1. The zero-order chi connectivity index (χ0) is 22.4. The largest absolute Gasteiger partial charge is 0.573 e. The molecular formula is C20H16F5NO4. The number of alkyl halides is 3. The van der Waals surface area contributed by atoms with Crippen LogP contribution >= 0.6 is 0 Å². The van der Waals surface area contributed by atoms with E-state index in [2.05, 4.69) is 4.74 Å². The number of phenols is 1. The zero-order valence-corrected chi connectivity index (χ0v) is 15.7. The molecule has 0 fully saturated rings. The van der Waals surface area contributed by atoms with Crippen LogP contribution < -0.4 is 4.74 Å². The lowest BCUT2D eigenvalue weighted by Crippen LogP contribution is -2.17. The Hall–Kier alpha value is -3.30. The van der Waals surface area contributed by atoms with Crippen molar-refractivity contribution in [3.63, 3.8) is 0 Å². The first-order chi connectivity index (χ1) is 13.9. The maximum Gasteiger partial charge on any atom is 0.573 e. The van der Waals surface area contributed by atoms with Gasteiger partial charge >= 0.3 is 12.3 Å². The highest BCUT2D eigenvalue weighted by Crippen LogP contribution is 2.38. The van der Waals surface area contributed by atoms with E-state index in [1.165, 1.54) is 30.5 Å². The number of rotatable bonds is 5. The van der Waals surface area contributed by atoms with Crippen molar-refractivity contribution in [2.24, 2.45) is 0 Å². The van der Waals surface area contributed by atoms with Crippen LogP contribution in [0, 0.1) is 18.6 Å². The van der Waals surface area contributed by atoms with Gasteiger partial charge in [-0.2, -0.15) is 0 Å². The molecule has 0 aliphatic rings. The molecule has 1 heterocycles. The second-order valence-corrected chi connectivity index (χ2v) is 6.75. The quantitative estimate of drug-likeness (QED) is 0.556. The normalized spacial score (nSPS) is 12.9. The van der Waals surface area contributed by atoms with E-state index in [1.54, 1.807) is 0 Å². The van der Waals surface area contributed by atoms with Gasteiger partial charge in [-0.15, -0.1) is 13.2 Å². The SMILES string of the molecule is Cc1c(C(C)C(=O)O)c2c(F)c(O)c(F)cc2n1Cc1ccc(OC(F)(F)F)cc1. The van der Waals surface area contributed by atoms with Crippen LogP contribution in [0.3, 0.4) is 0 Å². The number of halogens is 5. The Balaban J connectivity index is 2.12. The van der Waals surface area contributed by atoms with Gasteiger partial charge < -0.3 is 19.5 Å². The van der Waals surface area contributed by atoms with Crippen molar-refractivity contribution >= 4 is 16.9 Å². The molecule has 0 aliphatic carbocycles. The summed E-state index contributed by atoms with van der Waals surface area (Å²) in [5.74, 6) is -6.54. The average Bonchev–Trinajstić information content (AvgIpc) is 2.91. The van der Waals surface area contributed by atoms with Gasteiger partial charge in [-0.25, -0.2) is 8.78 Å². The van der Waals surface area contributed by atoms with E-state index in [0.717, 1.165) is 18.2 Å². The number of benzene rings is 2. The van der Waals surface area contributed by atoms with Crippen molar-refractivity contribution in [1.82, 2.24) is 4.57 Å². The Morgan fingerprint density at radius 3 is 2.33 bits per heavy atom. The maximum atomic E-state index is 14.7. The first-order valence-corrected chi connectivity index (χ1v) is 8.67. The summed E-state index contributed by atoms with van der Waals surface area (Å²) < 4.78 is 70.8. The van der Waals surface area contributed by atoms with Crippen molar-refractivity contribution < 1.29 is 41.7 Å². The predicted octanol–water partition coefficient (Wildman–Crippen LogP) is 5.07. The number of hydrogen-bond donors (Lipinski definition) is 2. The third kappa shape index (κ3) is 3.89. The van der Waals surface area contributed by atoms with Crippen molar-refractivity contribution in [2.75, 3.05) is 0 Å². The highest BCUT2D eigenvalue weighted by Gasteiger charge is 2.31. The molecule has 0 spiro atoms. The molecule has 5 nitrogen and oxygen atoms in total. The molecule has 0 amide bonds. The second-order valence-electron chi connectivity index (χ2n) is 6.75. The summed E-state index contributed by atoms with van der Waals surface area (Å²) in [6.45, 7) is 2.84. The molecule has 0 saturated carbocycles. The molecule has 3 aromatic rings. The lowest BCUT2D eigenvalue weighted by atomic mass is 9.97. The summed E-state index contributed by atoms with van der Waals surface area (Å²) in [6.07, 6.45) is -4.84. The van der Waals surface area contributed by atoms with Crippen LogP contribution in [0.1, 0.15) is 29.7 Å². The van der Waals surface area contributed by atoms with Gasteiger partial charge in [0.1, 0.15) is 5.75 Å². The molecule has 1 aromatic heterocycles. The number of hydrogen-bond acceptors (Lipinski definition) is 3. The Labute approximate surface area is 166 Å². The summed E-state index contributed by atoms with van der Waals surface area (Å²) in [4.78, 5) is 11.5. The molecule has 1 atom stereocenters. The molecule has 2 aromatic carbocycles. The highest BCUT2D eigenvalue weighted by molar-refractivity contribution is 5.92. The molecule has 1 unspecified atom stereocenters. The van der Waals surface area contributed by atoms with Crippen molar-refractivity contribution in [3.8, 4) is 11.5 Å². The summed E-state index contributed by atoms with van der Waals surface area (Å²) >= 11 is 0. The van der Waals surface area contributed by atoms with Gasteiger partial charge in [0.25, 0.3) is 0 Å². The van der Waals surface area contributed by atoms with Gasteiger partial charge in [-0.05, 0) is 37.1 Å². The molecular weight excluding hydrogens is 413 g/mol. The van der Waals surface area contributed by atoms with Crippen LogP contribution in [0.25, 0.3) is 10.9 Å². The molecule has 30 heavy (non-hydrogen) atoms. The first-order valence-electron chi connectivity index (χ1n) is 8.67. The van der Waals surface area contributed by atoms with Crippen molar-refractivity contribution in [1.29, 1.82) is 0 Å². The molecule has 0 radical (unpaired) electrons. The molecule has 160 valence electrons. The lowest BCUT2D eigenvalue weighted by Gasteiger charge is -2.12. The van der Waals surface area contributed by atoms with E-state index in [0.29, 0.717) is 11.3 Å². The molecule has 0 bridgehead atoms. The van der Waals surface area contributed by atoms with E-state index in [-0.39, 0.29) is 23.0 Å². The number of aliphatic carboxylic acids is 1. The lowest BCUT2D eigenvalue weighted by molar-refractivity contribution is -0.274. The minimum atomic E-state index is -4.84. The highest BCUT2D eigenvalue weighted by atomic mass is 19.4. The van der Waals surface area contributed by atoms with Crippen LogP contribution in [0.2, 0.25) is 0 Å². The third-order valence-corrected chi connectivity index (χ3v) is 4.83. The van der Waals surface area contributed by atoms with E-state index < -0.39 is 41.4 Å². The fourth-order valence-corrected chi connectivity index (χ4v) is 3.41. The van der Waals surface area contributed by atoms with E-state index >= 15 is 0 Å². The van der Waals surface area contributed by atoms with Crippen molar-refractivity contribution in [3.05, 3.63) is 58.8 Å². The molecule has 2 N–H and O–H groups in total. The van der Waals surface area contributed by atoms with Gasteiger partial charge in [0.2, 0.25) is 0 Å². The summed E-state index contributed by atoms with van der Waals surface area (Å²) in [6, 6.07) is 5.77. The number of nitrogens with zero attached hydrogens (tertiary/aromatic N) is 1. The summed E-state index contributed by atoms with van der Waals surface area (Å²) in [7, 11) is 0. The number of aromatic hydroxyl groups is 1.